The van der Waals surface area contributed by atoms with E-state index in [9.17, 15) is 4.79 Å². The average Bonchev–Trinajstić information content (AvgIpc) is 3.15. The Morgan fingerprint density at radius 1 is 1.53 bits per heavy atom. The maximum atomic E-state index is 9.25. The van der Waals surface area contributed by atoms with Crippen LogP contribution in [-0.4, -0.2) is 30.4 Å². The fourth-order valence-electron chi connectivity index (χ4n) is 0.818. The number of para-hydroxylation sites is 1. The monoisotopic (exact) mass is 238 g/mol. The number of carboxylic acids is 1. The summed E-state index contributed by atoms with van der Waals surface area (Å²) in [5.74, 6) is -0.261. The summed E-state index contributed by atoms with van der Waals surface area (Å²) >= 11 is 0. The summed E-state index contributed by atoms with van der Waals surface area (Å²) < 4.78 is 4.94. The maximum Gasteiger partial charge on any atom is 0.327 e. The second-order valence-corrected chi connectivity index (χ2v) is 3.18. The maximum absolute atomic E-state index is 9.25. The van der Waals surface area contributed by atoms with E-state index >= 15 is 0 Å². The third-order valence-corrected chi connectivity index (χ3v) is 1.73. The molecule has 0 saturated carbocycles. The van der Waals surface area contributed by atoms with Crippen molar-refractivity contribution in [1.29, 1.82) is 0 Å². The Kier molecular flexibility index (Phi) is 5.77. The van der Waals surface area contributed by atoms with Crippen molar-refractivity contribution in [1.82, 2.24) is 0 Å². The Bertz CT molecular complexity index is 345. The molecule has 92 valence electrons. The molecule has 5 nitrogen and oxygen atoms in total. The SMILES string of the molecule is C=CC(=O)O.c1ccc(OOCC2CO2)cc1. The van der Waals surface area contributed by atoms with Gasteiger partial charge in [0.15, 0.2) is 5.75 Å². The van der Waals surface area contributed by atoms with Gasteiger partial charge in [-0.2, -0.15) is 4.89 Å². The Labute approximate surface area is 99.2 Å². The van der Waals surface area contributed by atoms with E-state index in [1.165, 1.54) is 0 Å². The van der Waals surface area contributed by atoms with Gasteiger partial charge in [0, 0.05) is 6.08 Å². The van der Waals surface area contributed by atoms with E-state index in [2.05, 4.69) is 6.58 Å². The first-order chi connectivity index (χ1) is 8.22. The van der Waals surface area contributed by atoms with Gasteiger partial charge in [-0.05, 0) is 12.1 Å². The molecule has 0 amide bonds. The van der Waals surface area contributed by atoms with E-state index in [1.54, 1.807) is 0 Å². The van der Waals surface area contributed by atoms with Gasteiger partial charge in [-0.15, -0.1) is 0 Å². The molecule has 17 heavy (non-hydrogen) atoms. The molecule has 0 radical (unpaired) electrons. The van der Waals surface area contributed by atoms with Crippen molar-refractivity contribution in [3.05, 3.63) is 43.0 Å². The van der Waals surface area contributed by atoms with Crippen molar-refractivity contribution in [3.63, 3.8) is 0 Å². The molecule has 0 aliphatic carbocycles. The first-order valence-electron chi connectivity index (χ1n) is 5.04. The zero-order valence-electron chi connectivity index (χ0n) is 9.24. The topological polar surface area (TPSA) is 68.3 Å². The van der Waals surface area contributed by atoms with Gasteiger partial charge in [0.05, 0.1) is 6.61 Å². The van der Waals surface area contributed by atoms with Crippen molar-refractivity contribution >= 4 is 5.97 Å². The van der Waals surface area contributed by atoms with Crippen molar-refractivity contribution < 1.29 is 24.4 Å². The number of ether oxygens (including phenoxy) is 1. The molecule has 1 N–H and O–H groups in total. The summed E-state index contributed by atoms with van der Waals surface area (Å²) in [6.07, 6.45) is 1.08. The molecule has 1 aliphatic rings. The first kappa shape index (κ1) is 13.2. The van der Waals surface area contributed by atoms with Gasteiger partial charge >= 0.3 is 5.97 Å². The molecule has 1 aromatic carbocycles. The third kappa shape index (κ3) is 7.10. The van der Waals surface area contributed by atoms with Crippen molar-refractivity contribution in [2.75, 3.05) is 13.2 Å². The van der Waals surface area contributed by atoms with Crippen LogP contribution >= 0.6 is 0 Å². The van der Waals surface area contributed by atoms with Crippen LogP contribution in [0.15, 0.2) is 43.0 Å². The Balaban J connectivity index is 0.000000249. The van der Waals surface area contributed by atoms with Crippen LogP contribution in [0.3, 0.4) is 0 Å². The summed E-state index contributed by atoms with van der Waals surface area (Å²) in [5.41, 5.74) is 0. The smallest absolute Gasteiger partial charge is 0.327 e. The van der Waals surface area contributed by atoms with Gasteiger partial charge in [-0.1, -0.05) is 24.8 Å². The van der Waals surface area contributed by atoms with E-state index in [-0.39, 0.29) is 6.10 Å². The lowest BCUT2D eigenvalue weighted by Crippen LogP contribution is -2.04. The molecule has 1 aromatic rings. The fraction of sp³-hybridized carbons (Fsp3) is 0.250. The molecule has 1 aliphatic heterocycles. The summed E-state index contributed by atoms with van der Waals surface area (Å²) in [4.78, 5) is 19.1. The molecule has 1 fully saturated rings. The van der Waals surface area contributed by atoms with E-state index in [0.717, 1.165) is 18.4 Å². The normalized spacial score (nSPS) is 16.4. The van der Waals surface area contributed by atoms with Crippen LogP contribution in [0.4, 0.5) is 0 Å². The average molecular weight is 238 g/mol. The third-order valence-electron chi connectivity index (χ3n) is 1.73. The largest absolute Gasteiger partial charge is 0.478 e. The van der Waals surface area contributed by atoms with Crippen LogP contribution in [-0.2, 0) is 14.4 Å². The Hall–Kier alpha value is -1.85. The van der Waals surface area contributed by atoms with Gasteiger partial charge in [-0.3, -0.25) is 0 Å². The standard InChI is InChI=1S/C9H10O3.C3H4O2/c1-2-4-8(5-3-1)12-11-7-9-6-10-9;1-2-3(4)5/h1-5,9H,6-7H2;2H,1H2,(H,4,5). The summed E-state index contributed by atoms with van der Waals surface area (Å²) in [5, 5.41) is 7.60. The molecular formula is C12H14O5. The molecule has 2 rings (SSSR count). The fourth-order valence-corrected chi connectivity index (χ4v) is 0.818. The first-order valence-corrected chi connectivity index (χ1v) is 5.04. The van der Waals surface area contributed by atoms with E-state index in [0.29, 0.717) is 6.61 Å². The molecular weight excluding hydrogens is 224 g/mol. The molecule has 5 heteroatoms. The number of rotatable bonds is 5. The summed E-state index contributed by atoms with van der Waals surface area (Å²) in [6, 6.07) is 9.40. The number of benzene rings is 1. The van der Waals surface area contributed by atoms with E-state index < -0.39 is 5.97 Å². The minimum Gasteiger partial charge on any atom is -0.478 e. The van der Waals surface area contributed by atoms with Crippen molar-refractivity contribution in [2.45, 2.75) is 6.10 Å². The highest BCUT2D eigenvalue weighted by Gasteiger charge is 2.23. The molecule has 1 heterocycles. The van der Waals surface area contributed by atoms with Crippen molar-refractivity contribution in [3.8, 4) is 5.75 Å². The second-order valence-electron chi connectivity index (χ2n) is 3.18. The molecule has 1 saturated heterocycles. The molecule has 0 aromatic heterocycles. The highest BCUT2D eigenvalue weighted by molar-refractivity contribution is 5.78. The molecule has 0 spiro atoms. The predicted octanol–water partition coefficient (Wildman–Crippen LogP) is 1.65. The van der Waals surface area contributed by atoms with Gasteiger partial charge < -0.3 is 14.7 Å². The Morgan fingerprint density at radius 2 is 2.12 bits per heavy atom. The number of carbonyl (C=O) groups is 1. The lowest BCUT2D eigenvalue weighted by atomic mass is 10.3. The Morgan fingerprint density at radius 3 is 2.59 bits per heavy atom. The van der Waals surface area contributed by atoms with Gasteiger partial charge in [0.25, 0.3) is 0 Å². The minimum absolute atomic E-state index is 0.244. The van der Waals surface area contributed by atoms with Crippen LogP contribution in [0.1, 0.15) is 0 Å². The van der Waals surface area contributed by atoms with E-state index in [1.807, 2.05) is 30.3 Å². The minimum atomic E-state index is -0.981. The lowest BCUT2D eigenvalue weighted by molar-refractivity contribution is -0.209. The van der Waals surface area contributed by atoms with Crippen LogP contribution in [0, 0.1) is 0 Å². The van der Waals surface area contributed by atoms with Crippen LogP contribution in [0.2, 0.25) is 0 Å². The zero-order valence-corrected chi connectivity index (χ0v) is 9.24. The van der Waals surface area contributed by atoms with Crippen molar-refractivity contribution in [2.24, 2.45) is 0 Å². The molecule has 1 atom stereocenters. The lowest BCUT2D eigenvalue weighted by Gasteiger charge is -2.01. The predicted molar refractivity (Wildman–Crippen MR) is 60.6 cm³/mol. The number of epoxide rings is 1. The quantitative estimate of drug-likeness (QED) is 0.365. The zero-order chi connectivity index (χ0) is 12.5. The highest BCUT2D eigenvalue weighted by atomic mass is 17.2. The summed E-state index contributed by atoms with van der Waals surface area (Å²) in [6.45, 7) is 4.26. The van der Waals surface area contributed by atoms with Gasteiger partial charge in [0.2, 0.25) is 0 Å². The van der Waals surface area contributed by atoms with Gasteiger partial charge in [-0.25, -0.2) is 4.79 Å². The van der Waals surface area contributed by atoms with Crippen LogP contribution in [0.5, 0.6) is 5.75 Å². The number of hydrogen-bond acceptors (Lipinski definition) is 4. The highest BCUT2D eigenvalue weighted by Crippen LogP contribution is 2.12. The van der Waals surface area contributed by atoms with Gasteiger partial charge in [0.1, 0.15) is 12.7 Å². The second kappa shape index (κ2) is 7.43. The van der Waals surface area contributed by atoms with Crippen LogP contribution in [0.25, 0.3) is 0 Å². The molecule has 1 unspecified atom stereocenters. The number of aliphatic carboxylic acids is 1. The summed E-state index contributed by atoms with van der Waals surface area (Å²) in [7, 11) is 0. The van der Waals surface area contributed by atoms with Crippen LogP contribution < -0.4 is 4.89 Å². The molecule has 0 bridgehead atoms. The number of hydrogen-bond donors (Lipinski definition) is 1. The van der Waals surface area contributed by atoms with E-state index in [4.69, 9.17) is 19.6 Å². The number of carboxylic acid groups (broad SMARTS) is 1.